The van der Waals surface area contributed by atoms with Gasteiger partial charge in [0.25, 0.3) is 0 Å². The third-order valence-electron chi connectivity index (χ3n) is 6.52. The average molecular weight is 398 g/mol. The predicted molar refractivity (Wildman–Crippen MR) is 113 cm³/mol. The van der Waals surface area contributed by atoms with Gasteiger partial charge in [0.15, 0.2) is 0 Å². The second-order valence-corrected chi connectivity index (χ2v) is 9.16. The van der Waals surface area contributed by atoms with Crippen LogP contribution in [-0.4, -0.2) is 67.5 Å². The van der Waals surface area contributed by atoms with Gasteiger partial charge in [-0.05, 0) is 37.6 Å². The standard InChI is InChI=1S/C22H43N3O3/c1-17(2)19(16-21(26)20(23)15-18-7-4-3-5-8-18)22(27)24-9-6-10-25-11-13-28-14-12-25/h17-21,26H,3-16,23H2,1-2H3,(H,24,27)/t19-,20+,21+/m1/s1. The van der Waals surface area contributed by atoms with Gasteiger partial charge in [0.1, 0.15) is 0 Å². The van der Waals surface area contributed by atoms with Gasteiger partial charge < -0.3 is 20.9 Å². The van der Waals surface area contributed by atoms with Crippen molar-refractivity contribution >= 4 is 5.91 Å². The molecule has 0 spiro atoms. The zero-order valence-electron chi connectivity index (χ0n) is 18.1. The number of hydrogen-bond donors (Lipinski definition) is 3. The SMILES string of the molecule is CC(C)[C@@H](C[C@H](O)[C@@H](N)CC1CCCCC1)C(=O)NCCCN1CCOCC1. The van der Waals surface area contributed by atoms with Gasteiger partial charge in [0.2, 0.25) is 5.91 Å². The van der Waals surface area contributed by atoms with E-state index in [-0.39, 0.29) is 23.8 Å². The van der Waals surface area contributed by atoms with Crippen molar-refractivity contribution in [1.29, 1.82) is 0 Å². The van der Waals surface area contributed by atoms with Crippen molar-refractivity contribution in [2.24, 2.45) is 23.5 Å². The highest BCUT2D eigenvalue weighted by molar-refractivity contribution is 5.78. The normalized spacial score (nSPS) is 22.8. The molecule has 4 N–H and O–H groups in total. The first kappa shape index (κ1) is 23.6. The molecule has 0 aromatic heterocycles. The lowest BCUT2D eigenvalue weighted by atomic mass is 9.81. The number of rotatable bonds is 11. The molecule has 1 saturated carbocycles. The minimum Gasteiger partial charge on any atom is -0.391 e. The van der Waals surface area contributed by atoms with Crippen molar-refractivity contribution in [3.8, 4) is 0 Å². The number of hydrogen-bond acceptors (Lipinski definition) is 5. The van der Waals surface area contributed by atoms with Gasteiger partial charge in [-0.3, -0.25) is 9.69 Å². The summed E-state index contributed by atoms with van der Waals surface area (Å²) in [5.74, 6) is 0.706. The van der Waals surface area contributed by atoms with Crippen LogP contribution in [0.5, 0.6) is 0 Å². The smallest absolute Gasteiger partial charge is 0.223 e. The Labute approximate surface area is 171 Å². The third kappa shape index (κ3) is 8.36. The average Bonchev–Trinajstić information content (AvgIpc) is 2.70. The van der Waals surface area contributed by atoms with Crippen LogP contribution < -0.4 is 11.1 Å². The van der Waals surface area contributed by atoms with Crippen LogP contribution >= 0.6 is 0 Å². The molecule has 0 radical (unpaired) electrons. The molecule has 6 nitrogen and oxygen atoms in total. The number of aliphatic hydroxyl groups is 1. The van der Waals surface area contributed by atoms with Crippen molar-refractivity contribution in [1.82, 2.24) is 10.2 Å². The Hall–Kier alpha value is -0.690. The molecule has 0 aromatic carbocycles. The molecular formula is C22H43N3O3. The van der Waals surface area contributed by atoms with E-state index in [1.165, 1.54) is 32.1 Å². The van der Waals surface area contributed by atoms with E-state index in [9.17, 15) is 9.90 Å². The second kappa shape index (κ2) is 12.8. The Morgan fingerprint density at radius 2 is 1.89 bits per heavy atom. The van der Waals surface area contributed by atoms with Crippen LogP contribution in [-0.2, 0) is 9.53 Å². The Morgan fingerprint density at radius 1 is 1.21 bits per heavy atom. The monoisotopic (exact) mass is 397 g/mol. The summed E-state index contributed by atoms with van der Waals surface area (Å²) in [5.41, 5.74) is 6.30. The predicted octanol–water partition coefficient (Wildman–Crippen LogP) is 2.15. The number of nitrogens with two attached hydrogens (primary N) is 1. The largest absolute Gasteiger partial charge is 0.391 e. The van der Waals surface area contributed by atoms with Crippen molar-refractivity contribution in [2.45, 2.75) is 77.4 Å². The second-order valence-electron chi connectivity index (χ2n) is 9.16. The maximum Gasteiger partial charge on any atom is 0.223 e. The van der Waals surface area contributed by atoms with Crippen molar-refractivity contribution in [2.75, 3.05) is 39.4 Å². The molecule has 0 unspecified atom stereocenters. The zero-order valence-corrected chi connectivity index (χ0v) is 18.1. The first-order valence-corrected chi connectivity index (χ1v) is 11.5. The molecular weight excluding hydrogens is 354 g/mol. The van der Waals surface area contributed by atoms with Crippen LogP contribution in [0.4, 0.5) is 0 Å². The van der Waals surface area contributed by atoms with Gasteiger partial charge in [-0.15, -0.1) is 0 Å². The van der Waals surface area contributed by atoms with Gasteiger partial charge in [-0.2, -0.15) is 0 Å². The van der Waals surface area contributed by atoms with E-state index in [1.807, 2.05) is 0 Å². The fourth-order valence-corrected chi connectivity index (χ4v) is 4.55. The quantitative estimate of drug-likeness (QED) is 0.465. The van der Waals surface area contributed by atoms with Crippen LogP contribution in [0.3, 0.4) is 0 Å². The topological polar surface area (TPSA) is 87.8 Å². The van der Waals surface area contributed by atoms with E-state index in [2.05, 4.69) is 24.1 Å². The summed E-state index contributed by atoms with van der Waals surface area (Å²) in [5, 5.41) is 13.7. The summed E-state index contributed by atoms with van der Waals surface area (Å²) in [4.78, 5) is 15.1. The molecule has 0 bridgehead atoms. The highest BCUT2D eigenvalue weighted by atomic mass is 16.5. The number of carbonyl (C=O) groups excluding carboxylic acids is 1. The summed E-state index contributed by atoms with van der Waals surface area (Å²) in [6.45, 7) is 9.35. The first-order chi connectivity index (χ1) is 13.5. The number of ether oxygens (including phenoxy) is 1. The molecule has 3 atom stereocenters. The van der Waals surface area contributed by atoms with Gasteiger partial charge in [0.05, 0.1) is 19.3 Å². The highest BCUT2D eigenvalue weighted by Crippen LogP contribution is 2.28. The molecule has 1 heterocycles. The fraction of sp³-hybridized carbons (Fsp3) is 0.955. The zero-order chi connectivity index (χ0) is 20.4. The molecule has 1 aliphatic heterocycles. The van der Waals surface area contributed by atoms with E-state index in [0.717, 1.165) is 45.7 Å². The Morgan fingerprint density at radius 3 is 2.54 bits per heavy atom. The summed E-state index contributed by atoms with van der Waals surface area (Å²) in [7, 11) is 0. The van der Waals surface area contributed by atoms with E-state index in [1.54, 1.807) is 0 Å². The van der Waals surface area contributed by atoms with Crippen LogP contribution in [0.25, 0.3) is 0 Å². The Bertz CT molecular complexity index is 435. The summed E-state index contributed by atoms with van der Waals surface area (Å²) < 4.78 is 5.36. The van der Waals surface area contributed by atoms with Crippen molar-refractivity contribution < 1.29 is 14.6 Å². The number of nitrogens with one attached hydrogen (secondary N) is 1. The summed E-state index contributed by atoms with van der Waals surface area (Å²) >= 11 is 0. The molecule has 1 amide bonds. The van der Waals surface area contributed by atoms with E-state index in [4.69, 9.17) is 10.5 Å². The van der Waals surface area contributed by atoms with Gasteiger partial charge >= 0.3 is 0 Å². The molecule has 2 rings (SSSR count). The lowest BCUT2D eigenvalue weighted by Gasteiger charge is -2.30. The molecule has 0 aromatic rings. The van der Waals surface area contributed by atoms with Crippen LogP contribution in [0.2, 0.25) is 0 Å². The Balaban J connectivity index is 1.69. The third-order valence-corrected chi connectivity index (χ3v) is 6.52. The van der Waals surface area contributed by atoms with Crippen LogP contribution in [0.1, 0.15) is 65.2 Å². The van der Waals surface area contributed by atoms with Gasteiger partial charge in [0, 0.05) is 31.6 Å². The van der Waals surface area contributed by atoms with Gasteiger partial charge in [-0.25, -0.2) is 0 Å². The maximum absolute atomic E-state index is 12.7. The molecule has 1 aliphatic carbocycles. The minimum absolute atomic E-state index is 0.0564. The molecule has 28 heavy (non-hydrogen) atoms. The molecule has 1 saturated heterocycles. The van der Waals surface area contributed by atoms with E-state index < -0.39 is 6.10 Å². The molecule has 6 heteroatoms. The molecule has 164 valence electrons. The van der Waals surface area contributed by atoms with Gasteiger partial charge in [-0.1, -0.05) is 46.0 Å². The lowest BCUT2D eigenvalue weighted by Crippen LogP contribution is -2.43. The number of amides is 1. The van der Waals surface area contributed by atoms with Crippen LogP contribution in [0, 0.1) is 17.8 Å². The number of nitrogens with zero attached hydrogens (tertiary/aromatic N) is 1. The molecule has 2 fully saturated rings. The van der Waals surface area contributed by atoms with Crippen molar-refractivity contribution in [3.63, 3.8) is 0 Å². The fourth-order valence-electron chi connectivity index (χ4n) is 4.55. The summed E-state index contributed by atoms with van der Waals surface area (Å²) in [6, 6.07) is -0.224. The number of aliphatic hydroxyl groups excluding tert-OH is 1. The minimum atomic E-state index is -0.603. The first-order valence-electron chi connectivity index (χ1n) is 11.5. The number of carbonyl (C=O) groups is 1. The molecule has 2 aliphatic rings. The Kier molecular flexibility index (Phi) is 10.8. The maximum atomic E-state index is 12.7. The van der Waals surface area contributed by atoms with E-state index >= 15 is 0 Å². The summed E-state index contributed by atoms with van der Waals surface area (Å²) in [6.07, 6.45) is 8.05. The number of morpholine rings is 1. The highest BCUT2D eigenvalue weighted by Gasteiger charge is 2.29. The van der Waals surface area contributed by atoms with Crippen molar-refractivity contribution in [3.05, 3.63) is 0 Å². The lowest BCUT2D eigenvalue weighted by molar-refractivity contribution is -0.127. The van der Waals surface area contributed by atoms with E-state index in [0.29, 0.717) is 18.9 Å². The van der Waals surface area contributed by atoms with Crippen LogP contribution in [0.15, 0.2) is 0 Å².